The summed E-state index contributed by atoms with van der Waals surface area (Å²) >= 11 is 3.42. The molecule has 0 radical (unpaired) electrons. The third-order valence-corrected chi connectivity index (χ3v) is 6.70. The van der Waals surface area contributed by atoms with E-state index in [0.29, 0.717) is 18.7 Å². The van der Waals surface area contributed by atoms with Crippen molar-refractivity contribution in [3.63, 3.8) is 0 Å². The zero-order valence-electron chi connectivity index (χ0n) is 18.8. The van der Waals surface area contributed by atoms with Crippen molar-refractivity contribution in [1.82, 2.24) is 10.2 Å². The van der Waals surface area contributed by atoms with Crippen molar-refractivity contribution in [3.05, 3.63) is 64.1 Å². The van der Waals surface area contributed by atoms with Crippen LogP contribution in [0.3, 0.4) is 0 Å². The van der Waals surface area contributed by atoms with E-state index in [9.17, 15) is 18.0 Å². The molecule has 7 nitrogen and oxygen atoms in total. The largest absolute Gasteiger partial charge is 0.355 e. The molecule has 2 amide bonds. The van der Waals surface area contributed by atoms with E-state index in [2.05, 4.69) is 21.2 Å². The molecular weight excluding hydrogens is 494 g/mol. The zero-order valence-corrected chi connectivity index (χ0v) is 21.2. The fourth-order valence-corrected chi connectivity index (χ4v) is 4.71. The minimum Gasteiger partial charge on any atom is -0.355 e. The van der Waals surface area contributed by atoms with Gasteiger partial charge in [-0.3, -0.25) is 13.9 Å². The van der Waals surface area contributed by atoms with Gasteiger partial charge in [0.05, 0.1) is 11.9 Å². The maximum Gasteiger partial charge on any atom is 0.244 e. The van der Waals surface area contributed by atoms with Crippen molar-refractivity contribution >= 4 is 43.5 Å². The summed E-state index contributed by atoms with van der Waals surface area (Å²) < 4.78 is 27.2. The Hall–Kier alpha value is -2.39. The summed E-state index contributed by atoms with van der Waals surface area (Å²) in [6.07, 6.45) is 1.70. The molecular formula is C23H30BrN3O4S. The minimum atomic E-state index is -3.74. The summed E-state index contributed by atoms with van der Waals surface area (Å²) in [5.41, 5.74) is 2.11. The molecule has 32 heavy (non-hydrogen) atoms. The van der Waals surface area contributed by atoms with Gasteiger partial charge in [-0.1, -0.05) is 53.2 Å². The number of halogens is 1. The number of hydrogen-bond acceptors (Lipinski definition) is 4. The van der Waals surface area contributed by atoms with E-state index >= 15 is 0 Å². The maximum absolute atomic E-state index is 13.4. The zero-order chi connectivity index (χ0) is 23.9. The van der Waals surface area contributed by atoms with Crippen LogP contribution in [-0.2, 0) is 32.6 Å². The Kier molecular flexibility index (Phi) is 9.27. The SMILES string of the molecule is CCNC(=O)[C@H](C)N(Cc1cccc(Br)c1)C(=O)CN(c1ccccc1CC)S(C)(=O)=O. The molecule has 1 N–H and O–H groups in total. The number of carbonyl (C=O) groups excluding carboxylic acids is 2. The van der Waals surface area contributed by atoms with Gasteiger partial charge in [0.25, 0.3) is 0 Å². The molecule has 0 saturated heterocycles. The van der Waals surface area contributed by atoms with Crippen molar-refractivity contribution in [2.45, 2.75) is 39.8 Å². The van der Waals surface area contributed by atoms with Crippen molar-refractivity contribution in [1.29, 1.82) is 0 Å². The number of para-hydroxylation sites is 1. The fourth-order valence-electron chi connectivity index (χ4n) is 3.38. The van der Waals surface area contributed by atoms with Gasteiger partial charge in [0.1, 0.15) is 12.6 Å². The van der Waals surface area contributed by atoms with Crippen molar-refractivity contribution in [2.24, 2.45) is 0 Å². The van der Waals surface area contributed by atoms with Crippen LogP contribution in [0.2, 0.25) is 0 Å². The van der Waals surface area contributed by atoms with Gasteiger partial charge < -0.3 is 10.2 Å². The smallest absolute Gasteiger partial charge is 0.244 e. The lowest BCUT2D eigenvalue weighted by molar-refractivity contribution is -0.139. The highest BCUT2D eigenvalue weighted by Gasteiger charge is 2.30. The van der Waals surface area contributed by atoms with Crippen LogP contribution >= 0.6 is 15.9 Å². The first-order chi connectivity index (χ1) is 15.1. The van der Waals surface area contributed by atoms with E-state index in [1.165, 1.54) is 4.90 Å². The summed E-state index contributed by atoms with van der Waals surface area (Å²) in [5, 5.41) is 2.74. The van der Waals surface area contributed by atoms with Gasteiger partial charge in [-0.15, -0.1) is 0 Å². The van der Waals surface area contributed by atoms with Crippen LogP contribution in [0, 0.1) is 0 Å². The standard InChI is InChI=1S/C23H30BrN3O4S/c1-5-19-11-7-8-13-21(19)27(32(4,30)31)16-22(28)26(17(3)23(29)25-6-2)15-18-10-9-12-20(24)14-18/h7-14,17H,5-6,15-16H2,1-4H3,(H,25,29)/t17-/m0/s1. The highest BCUT2D eigenvalue weighted by molar-refractivity contribution is 9.10. The quantitative estimate of drug-likeness (QED) is 0.517. The van der Waals surface area contributed by atoms with Crippen LogP contribution in [0.25, 0.3) is 0 Å². The second-order valence-corrected chi connectivity index (χ2v) is 10.3. The minimum absolute atomic E-state index is 0.170. The van der Waals surface area contributed by atoms with Crippen molar-refractivity contribution in [3.8, 4) is 0 Å². The van der Waals surface area contributed by atoms with E-state index in [1.807, 2.05) is 43.3 Å². The molecule has 0 heterocycles. The third kappa shape index (κ3) is 6.80. The maximum atomic E-state index is 13.4. The number of sulfonamides is 1. The highest BCUT2D eigenvalue weighted by atomic mass is 79.9. The summed E-state index contributed by atoms with van der Waals surface area (Å²) in [5.74, 6) is -0.754. The number of likely N-dealkylation sites (N-methyl/N-ethyl adjacent to an activating group) is 1. The van der Waals surface area contributed by atoms with Gasteiger partial charge in [0.2, 0.25) is 21.8 Å². The molecule has 0 saturated carbocycles. The van der Waals surface area contributed by atoms with Crippen LogP contribution in [-0.4, -0.2) is 50.5 Å². The summed E-state index contributed by atoms with van der Waals surface area (Å²) in [6.45, 7) is 5.58. The van der Waals surface area contributed by atoms with E-state index in [1.54, 1.807) is 26.0 Å². The second kappa shape index (κ2) is 11.5. The molecule has 2 aromatic carbocycles. The predicted octanol–water partition coefficient (Wildman–Crippen LogP) is 3.33. The van der Waals surface area contributed by atoms with Crippen molar-refractivity contribution < 1.29 is 18.0 Å². The topological polar surface area (TPSA) is 86.8 Å². The van der Waals surface area contributed by atoms with Crippen LogP contribution in [0.15, 0.2) is 53.0 Å². The number of aryl methyl sites for hydroxylation is 1. The molecule has 0 fully saturated rings. The highest BCUT2D eigenvalue weighted by Crippen LogP contribution is 2.24. The average molecular weight is 524 g/mol. The van der Waals surface area contributed by atoms with E-state index in [4.69, 9.17) is 0 Å². The van der Waals surface area contributed by atoms with E-state index in [-0.39, 0.29) is 12.5 Å². The van der Waals surface area contributed by atoms with Crippen LogP contribution < -0.4 is 9.62 Å². The monoisotopic (exact) mass is 523 g/mol. The molecule has 174 valence electrons. The Morgan fingerprint density at radius 3 is 2.38 bits per heavy atom. The first-order valence-electron chi connectivity index (χ1n) is 10.5. The summed E-state index contributed by atoms with van der Waals surface area (Å²) in [6, 6.07) is 13.8. The van der Waals surface area contributed by atoms with Gasteiger partial charge in [-0.2, -0.15) is 0 Å². The number of rotatable bonds is 10. The van der Waals surface area contributed by atoms with Crippen LogP contribution in [0.1, 0.15) is 31.9 Å². The summed E-state index contributed by atoms with van der Waals surface area (Å²) in [7, 11) is -3.74. The van der Waals surface area contributed by atoms with Gasteiger partial charge in [-0.05, 0) is 49.6 Å². The van der Waals surface area contributed by atoms with Gasteiger partial charge >= 0.3 is 0 Å². The van der Waals surface area contributed by atoms with Crippen molar-refractivity contribution in [2.75, 3.05) is 23.7 Å². The number of anilines is 1. The fraction of sp³-hybridized carbons (Fsp3) is 0.391. The van der Waals surface area contributed by atoms with Crippen LogP contribution in [0.4, 0.5) is 5.69 Å². The summed E-state index contributed by atoms with van der Waals surface area (Å²) in [4.78, 5) is 27.4. The number of nitrogens with one attached hydrogen (secondary N) is 1. The number of nitrogens with zero attached hydrogens (tertiary/aromatic N) is 2. The first kappa shape index (κ1) is 25.9. The third-order valence-electron chi connectivity index (χ3n) is 5.08. The van der Waals surface area contributed by atoms with E-state index < -0.39 is 28.5 Å². The number of benzene rings is 2. The average Bonchev–Trinajstić information content (AvgIpc) is 2.74. The van der Waals surface area contributed by atoms with Gasteiger partial charge in [0, 0.05) is 17.6 Å². The molecule has 0 spiro atoms. The Morgan fingerprint density at radius 2 is 1.78 bits per heavy atom. The lowest BCUT2D eigenvalue weighted by Crippen LogP contribution is -2.51. The Morgan fingerprint density at radius 1 is 1.09 bits per heavy atom. The number of amides is 2. The van der Waals surface area contributed by atoms with E-state index in [0.717, 1.165) is 26.2 Å². The van der Waals surface area contributed by atoms with Gasteiger partial charge in [-0.25, -0.2) is 8.42 Å². The normalized spacial score (nSPS) is 12.2. The molecule has 0 aliphatic rings. The number of carbonyl (C=O) groups is 2. The number of hydrogen-bond donors (Lipinski definition) is 1. The Balaban J connectivity index is 2.42. The Bertz CT molecular complexity index is 1060. The molecule has 2 aromatic rings. The molecule has 0 unspecified atom stereocenters. The lowest BCUT2D eigenvalue weighted by atomic mass is 10.1. The lowest BCUT2D eigenvalue weighted by Gasteiger charge is -2.32. The second-order valence-electron chi connectivity index (χ2n) is 7.47. The molecule has 0 aromatic heterocycles. The molecule has 0 aliphatic carbocycles. The molecule has 0 aliphatic heterocycles. The molecule has 9 heteroatoms. The predicted molar refractivity (Wildman–Crippen MR) is 131 cm³/mol. The first-order valence-corrected chi connectivity index (χ1v) is 13.1. The molecule has 2 rings (SSSR count). The van der Waals surface area contributed by atoms with Gasteiger partial charge in [0.15, 0.2) is 0 Å². The Labute approximate surface area is 199 Å². The molecule has 0 bridgehead atoms. The molecule has 1 atom stereocenters. The van der Waals surface area contributed by atoms with Crippen LogP contribution in [0.5, 0.6) is 0 Å².